The Balaban J connectivity index is 1.40. The third-order valence-corrected chi connectivity index (χ3v) is 4.41. The molecule has 0 aliphatic rings. The smallest absolute Gasteiger partial charge is 0.238 e. The van der Waals surface area contributed by atoms with E-state index in [-0.39, 0.29) is 18.2 Å². The second-order valence-corrected chi connectivity index (χ2v) is 6.59. The first-order chi connectivity index (χ1) is 13.7. The zero-order chi connectivity index (χ0) is 19.6. The third-order valence-electron chi connectivity index (χ3n) is 4.41. The largest absolute Gasteiger partial charge is 0.325 e. The van der Waals surface area contributed by atoms with Crippen LogP contribution in [0, 0.1) is 0 Å². The van der Waals surface area contributed by atoms with Gasteiger partial charge in [-0.2, -0.15) is 0 Å². The van der Waals surface area contributed by atoms with Gasteiger partial charge < -0.3 is 10.6 Å². The Hall–Kier alpha value is -3.24. The highest BCUT2D eigenvalue weighted by atomic mass is 16.2. The molecule has 0 spiro atoms. The predicted molar refractivity (Wildman–Crippen MR) is 113 cm³/mol. The van der Waals surface area contributed by atoms with E-state index in [0.29, 0.717) is 16.8 Å². The maximum atomic E-state index is 12.4. The molecule has 0 fully saturated rings. The number of carbonyl (C=O) groups is 2. The third kappa shape index (κ3) is 5.89. The van der Waals surface area contributed by atoms with E-state index in [9.17, 15) is 9.59 Å². The van der Waals surface area contributed by atoms with Crippen LogP contribution in [-0.2, 0) is 11.2 Å². The fourth-order valence-electron chi connectivity index (χ4n) is 2.93. The summed E-state index contributed by atoms with van der Waals surface area (Å²) < 4.78 is 0. The molecule has 142 valence electrons. The number of rotatable bonds is 9. The van der Waals surface area contributed by atoms with Gasteiger partial charge in [0.2, 0.25) is 5.91 Å². The summed E-state index contributed by atoms with van der Waals surface area (Å²) in [6.45, 7) is 1.05. The number of carbonyl (C=O) groups excluding carboxylic acids is 2. The van der Waals surface area contributed by atoms with Gasteiger partial charge in [-0.1, -0.05) is 60.7 Å². The average Bonchev–Trinajstić information content (AvgIpc) is 2.75. The first-order valence-electron chi connectivity index (χ1n) is 9.47. The molecule has 4 nitrogen and oxygen atoms in total. The Labute approximate surface area is 165 Å². The highest BCUT2D eigenvalue weighted by Crippen LogP contribution is 2.13. The molecular formula is C24H24N2O2. The molecule has 0 radical (unpaired) electrons. The van der Waals surface area contributed by atoms with Crippen molar-refractivity contribution in [3.63, 3.8) is 0 Å². The van der Waals surface area contributed by atoms with Crippen molar-refractivity contribution in [3.05, 3.63) is 102 Å². The van der Waals surface area contributed by atoms with Crippen LogP contribution < -0.4 is 10.6 Å². The molecule has 2 N–H and O–H groups in total. The first-order valence-corrected chi connectivity index (χ1v) is 9.47. The lowest BCUT2D eigenvalue weighted by Crippen LogP contribution is -2.29. The van der Waals surface area contributed by atoms with E-state index in [1.807, 2.05) is 36.4 Å². The van der Waals surface area contributed by atoms with E-state index in [0.717, 1.165) is 19.4 Å². The minimum atomic E-state index is -0.0955. The quantitative estimate of drug-likeness (QED) is 0.440. The number of benzene rings is 3. The van der Waals surface area contributed by atoms with Gasteiger partial charge in [-0.25, -0.2) is 0 Å². The second-order valence-electron chi connectivity index (χ2n) is 6.59. The summed E-state index contributed by atoms with van der Waals surface area (Å²) in [5.74, 6) is -0.125. The van der Waals surface area contributed by atoms with Crippen LogP contribution >= 0.6 is 0 Å². The molecule has 28 heavy (non-hydrogen) atoms. The van der Waals surface area contributed by atoms with E-state index >= 15 is 0 Å². The molecule has 3 aromatic carbocycles. The summed E-state index contributed by atoms with van der Waals surface area (Å²) >= 11 is 0. The molecule has 1 amide bonds. The summed E-state index contributed by atoms with van der Waals surface area (Å²) in [6.07, 6.45) is 1.97. The van der Waals surface area contributed by atoms with Crippen LogP contribution in [0.4, 0.5) is 5.69 Å². The monoisotopic (exact) mass is 372 g/mol. The second kappa shape index (κ2) is 10.2. The highest BCUT2D eigenvalue weighted by Gasteiger charge is 2.09. The van der Waals surface area contributed by atoms with Crippen LogP contribution in [0.3, 0.4) is 0 Å². The predicted octanol–water partition coefficient (Wildman–Crippen LogP) is 4.08. The molecule has 0 aromatic heterocycles. The summed E-state index contributed by atoms with van der Waals surface area (Å²) in [6, 6.07) is 26.4. The van der Waals surface area contributed by atoms with Crippen LogP contribution in [0.1, 0.15) is 27.9 Å². The number of ketones is 1. The van der Waals surface area contributed by atoms with Crippen LogP contribution in [-0.4, -0.2) is 24.8 Å². The molecule has 0 saturated carbocycles. The maximum absolute atomic E-state index is 12.4. The molecule has 0 unspecified atom stereocenters. The summed E-state index contributed by atoms with van der Waals surface area (Å²) in [5.41, 5.74) is 3.24. The van der Waals surface area contributed by atoms with Crippen LogP contribution in [0.15, 0.2) is 84.9 Å². The van der Waals surface area contributed by atoms with Gasteiger partial charge in [-0.15, -0.1) is 0 Å². The minimum Gasteiger partial charge on any atom is -0.325 e. The van der Waals surface area contributed by atoms with E-state index < -0.39 is 0 Å². The molecule has 0 bridgehead atoms. The molecule has 4 heteroatoms. The van der Waals surface area contributed by atoms with Gasteiger partial charge in [0.25, 0.3) is 0 Å². The van der Waals surface area contributed by atoms with Crippen molar-refractivity contribution in [3.8, 4) is 0 Å². The summed E-state index contributed by atoms with van der Waals surface area (Å²) in [5, 5.41) is 6.00. The lowest BCUT2D eigenvalue weighted by molar-refractivity contribution is -0.115. The SMILES string of the molecule is O=C(CNCCCc1ccccc1)Nc1ccc(C(=O)c2ccccc2)cc1. The minimum absolute atomic E-state index is 0.0291. The number of aryl methyl sites for hydroxylation is 1. The molecule has 0 aliphatic heterocycles. The topological polar surface area (TPSA) is 58.2 Å². The Kier molecular flexibility index (Phi) is 7.10. The zero-order valence-corrected chi connectivity index (χ0v) is 15.7. The van der Waals surface area contributed by atoms with Gasteiger partial charge in [0, 0.05) is 16.8 Å². The highest BCUT2D eigenvalue weighted by molar-refractivity contribution is 6.09. The van der Waals surface area contributed by atoms with Crippen LogP contribution in [0.5, 0.6) is 0 Å². The van der Waals surface area contributed by atoms with Gasteiger partial charge in [0.05, 0.1) is 6.54 Å². The Morgan fingerprint density at radius 2 is 1.32 bits per heavy atom. The van der Waals surface area contributed by atoms with Crippen molar-refractivity contribution < 1.29 is 9.59 Å². The van der Waals surface area contributed by atoms with Gasteiger partial charge >= 0.3 is 0 Å². The fourth-order valence-corrected chi connectivity index (χ4v) is 2.93. The molecule has 3 aromatic rings. The number of anilines is 1. The van der Waals surface area contributed by atoms with Crippen LogP contribution in [0.2, 0.25) is 0 Å². The van der Waals surface area contributed by atoms with Gasteiger partial charge in [0.15, 0.2) is 5.78 Å². The van der Waals surface area contributed by atoms with Crippen molar-refractivity contribution >= 4 is 17.4 Å². The molecule has 3 rings (SSSR count). The van der Waals surface area contributed by atoms with Crippen molar-refractivity contribution in [2.24, 2.45) is 0 Å². The first kappa shape index (κ1) is 19.5. The van der Waals surface area contributed by atoms with E-state index in [1.54, 1.807) is 36.4 Å². The Morgan fingerprint density at radius 1 is 0.714 bits per heavy atom. The zero-order valence-electron chi connectivity index (χ0n) is 15.7. The van der Waals surface area contributed by atoms with Crippen molar-refractivity contribution in [1.82, 2.24) is 5.32 Å². The van der Waals surface area contributed by atoms with E-state index in [4.69, 9.17) is 0 Å². The normalized spacial score (nSPS) is 10.4. The standard InChI is InChI=1S/C24H24N2O2/c27-23(18-25-17-7-10-19-8-3-1-4-9-19)26-22-15-13-21(14-16-22)24(28)20-11-5-2-6-12-20/h1-6,8-9,11-16,25H,7,10,17-18H2,(H,26,27). The lowest BCUT2D eigenvalue weighted by Gasteiger charge is -2.08. The van der Waals surface area contributed by atoms with Crippen molar-refractivity contribution in [1.29, 1.82) is 0 Å². The van der Waals surface area contributed by atoms with Crippen molar-refractivity contribution in [2.75, 3.05) is 18.4 Å². The van der Waals surface area contributed by atoms with Gasteiger partial charge in [-0.05, 0) is 49.2 Å². The number of nitrogens with one attached hydrogen (secondary N) is 2. The van der Waals surface area contributed by atoms with Crippen LogP contribution in [0.25, 0.3) is 0 Å². The molecular weight excluding hydrogens is 348 g/mol. The number of hydrogen-bond acceptors (Lipinski definition) is 3. The average molecular weight is 372 g/mol. The van der Waals surface area contributed by atoms with E-state index in [2.05, 4.69) is 22.8 Å². The van der Waals surface area contributed by atoms with Crippen molar-refractivity contribution in [2.45, 2.75) is 12.8 Å². The lowest BCUT2D eigenvalue weighted by atomic mass is 10.0. The summed E-state index contributed by atoms with van der Waals surface area (Å²) in [4.78, 5) is 24.4. The summed E-state index contributed by atoms with van der Waals surface area (Å²) in [7, 11) is 0. The fraction of sp³-hybridized carbons (Fsp3) is 0.167. The Bertz CT molecular complexity index is 891. The molecule has 0 atom stereocenters. The molecule has 0 heterocycles. The van der Waals surface area contributed by atoms with Gasteiger partial charge in [0.1, 0.15) is 0 Å². The van der Waals surface area contributed by atoms with E-state index in [1.165, 1.54) is 5.56 Å². The maximum Gasteiger partial charge on any atom is 0.238 e. The molecule has 0 saturated heterocycles. The van der Waals surface area contributed by atoms with Gasteiger partial charge in [-0.3, -0.25) is 9.59 Å². The Morgan fingerprint density at radius 3 is 2.00 bits per heavy atom. The molecule has 0 aliphatic carbocycles. The number of amides is 1. The number of hydrogen-bond donors (Lipinski definition) is 2.